The number of amides is 1. The van der Waals surface area contributed by atoms with Crippen molar-refractivity contribution in [3.05, 3.63) is 62.0 Å². The number of thiophene rings is 1. The Morgan fingerprint density at radius 3 is 2.79 bits per heavy atom. The van der Waals surface area contributed by atoms with Crippen molar-refractivity contribution < 1.29 is 18.7 Å². The third-order valence-electron chi connectivity index (χ3n) is 3.96. The van der Waals surface area contributed by atoms with Gasteiger partial charge in [0, 0.05) is 35.1 Å². The number of benzene rings is 1. The Morgan fingerprint density at radius 1 is 1.32 bits per heavy atom. The Morgan fingerprint density at radius 2 is 2.11 bits per heavy atom. The van der Waals surface area contributed by atoms with Gasteiger partial charge in [0.2, 0.25) is 0 Å². The summed E-state index contributed by atoms with van der Waals surface area (Å²) >= 11 is 8.74. The second kappa shape index (κ2) is 8.81. The molecule has 146 valence electrons. The van der Waals surface area contributed by atoms with Crippen molar-refractivity contribution in [3.8, 4) is 10.6 Å². The molecular formula is C19H16ClFN2O3S2. The highest BCUT2D eigenvalue weighted by Gasteiger charge is 2.20. The molecule has 5 nitrogen and oxygen atoms in total. The van der Waals surface area contributed by atoms with Gasteiger partial charge in [-0.3, -0.25) is 4.79 Å². The van der Waals surface area contributed by atoms with Gasteiger partial charge in [0.25, 0.3) is 5.91 Å². The van der Waals surface area contributed by atoms with Crippen LogP contribution in [0.25, 0.3) is 10.6 Å². The number of halogens is 2. The molecule has 2 heterocycles. The van der Waals surface area contributed by atoms with Gasteiger partial charge < -0.3 is 9.64 Å². The maximum Gasteiger partial charge on any atom is 0.350 e. The fourth-order valence-electron chi connectivity index (χ4n) is 2.41. The molecule has 0 radical (unpaired) electrons. The molecule has 0 saturated heterocycles. The van der Waals surface area contributed by atoms with E-state index < -0.39 is 24.3 Å². The number of thiazole rings is 1. The molecule has 3 aromatic rings. The van der Waals surface area contributed by atoms with Crippen molar-refractivity contribution in [2.24, 2.45) is 0 Å². The molecule has 0 spiro atoms. The minimum absolute atomic E-state index is 0.0240. The minimum Gasteiger partial charge on any atom is -0.451 e. The van der Waals surface area contributed by atoms with Crippen molar-refractivity contribution >= 4 is 46.2 Å². The van der Waals surface area contributed by atoms with Gasteiger partial charge in [0.1, 0.15) is 15.7 Å². The Kier molecular flexibility index (Phi) is 6.43. The third kappa shape index (κ3) is 4.57. The molecule has 28 heavy (non-hydrogen) atoms. The fourth-order valence-corrected chi connectivity index (χ4v) is 4.30. The highest BCUT2D eigenvalue weighted by molar-refractivity contribution is 7.17. The van der Waals surface area contributed by atoms with Gasteiger partial charge in [-0.1, -0.05) is 17.7 Å². The number of carbonyl (C=O) groups excluding carboxylic acids is 2. The number of likely N-dealkylation sites (N-methyl/N-ethyl adjacent to an activating group) is 1. The van der Waals surface area contributed by atoms with Crippen molar-refractivity contribution in [2.75, 3.05) is 13.7 Å². The lowest BCUT2D eigenvalue weighted by Gasteiger charge is -2.18. The van der Waals surface area contributed by atoms with E-state index in [1.165, 1.54) is 35.4 Å². The zero-order chi connectivity index (χ0) is 20.3. The van der Waals surface area contributed by atoms with Crippen LogP contribution in [0.1, 0.15) is 20.9 Å². The lowest BCUT2D eigenvalue weighted by atomic mass is 10.2. The quantitative estimate of drug-likeness (QED) is 0.519. The summed E-state index contributed by atoms with van der Waals surface area (Å²) in [7, 11) is 1.49. The first-order valence-electron chi connectivity index (χ1n) is 8.20. The van der Waals surface area contributed by atoms with Gasteiger partial charge in [-0.05, 0) is 30.5 Å². The van der Waals surface area contributed by atoms with Crippen molar-refractivity contribution in [1.82, 2.24) is 9.88 Å². The lowest BCUT2D eigenvalue weighted by molar-refractivity contribution is -0.133. The number of nitrogens with zero attached hydrogens (tertiary/aromatic N) is 2. The first-order valence-corrected chi connectivity index (χ1v) is 10.3. The molecule has 0 bridgehead atoms. The van der Waals surface area contributed by atoms with Gasteiger partial charge >= 0.3 is 5.97 Å². The summed E-state index contributed by atoms with van der Waals surface area (Å²) in [5, 5.41) is 4.83. The van der Waals surface area contributed by atoms with E-state index in [0.29, 0.717) is 10.6 Å². The largest absolute Gasteiger partial charge is 0.451 e. The summed E-state index contributed by atoms with van der Waals surface area (Å²) in [6.45, 7) is 1.24. The molecule has 0 saturated carbocycles. The van der Waals surface area contributed by atoms with E-state index in [-0.39, 0.29) is 17.1 Å². The van der Waals surface area contributed by atoms with Gasteiger partial charge in [-0.2, -0.15) is 11.3 Å². The van der Waals surface area contributed by atoms with Crippen LogP contribution >= 0.6 is 34.3 Å². The van der Waals surface area contributed by atoms with Crippen molar-refractivity contribution in [1.29, 1.82) is 0 Å². The van der Waals surface area contributed by atoms with Crippen LogP contribution in [0, 0.1) is 12.7 Å². The van der Waals surface area contributed by atoms with Crippen LogP contribution in [0.3, 0.4) is 0 Å². The fraction of sp³-hybridized carbons (Fsp3) is 0.211. The lowest BCUT2D eigenvalue weighted by Crippen LogP contribution is -2.31. The molecule has 0 aliphatic carbocycles. The number of carbonyl (C=O) groups is 2. The molecular weight excluding hydrogens is 423 g/mol. The SMILES string of the molecule is Cc1nc(-c2ccsc2)sc1C(=O)OCC(=O)N(C)Cc1c(F)cccc1Cl. The Hall–Kier alpha value is -2.29. The maximum absolute atomic E-state index is 13.9. The summed E-state index contributed by atoms with van der Waals surface area (Å²) in [5.74, 6) is -1.57. The van der Waals surface area contributed by atoms with Crippen LogP contribution in [0.2, 0.25) is 5.02 Å². The number of hydrogen-bond acceptors (Lipinski definition) is 6. The average molecular weight is 439 g/mol. The molecule has 0 unspecified atom stereocenters. The summed E-state index contributed by atoms with van der Waals surface area (Å²) in [6.07, 6.45) is 0. The number of rotatable bonds is 6. The van der Waals surface area contributed by atoms with Crippen LogP contribution in [0.15, 0.2) is 35.0 Å². The monoisotopic (exact) mass is 438 g/mol. The standard InChI is InChI=1S/C19H16ClFN2O3S2/c1-11-17(28-18(22-11)12-6-7-27-10-12)19(25)26-9-16(24)23(2)8-13-14(20)4-3-5-15(13)21/h3-7,10H,8-9H2,1-2H3. The normalized spacial score (nSPS) is 10.7. The molecule has 0 aliphatic rings. The third-order valence-corrected chi connectivity index (χ3v) is 6.18. The number of ether oxygens (including phenoxy) is 1. The summed E-state index contributed by atoms with van der Waals surface area (Å²) in [6, 6.07) is 6.24. The van der Waals surface area contributed by atoms with Crippen molar-refractivity contribution in [2.45, 2.75) is 13.5 Å². The number of hydrogen-bond donors (Lipinski definition) is 0. The molecule has 1 amide bonds. The minimum atomic E-state index is -0.609. The summed E-state index contributed by atoms with van der Waals surface area (Å²) in [4.78, 5) is 30.6. The van der Waals surface area contributed by atoms with E-state index in [1.807, 2.05) is 16.8 Å². The number of esters is 1. The summed E-state index contributed by atoms with van der Waals surface area (Å²) in [5.41, 5.74) is 1.70. The maximum atomic E-state index is 13.9. The van der Waals surface area contributed by atoms with Crippen LogP contribution in [-0.2, 0) is 16.1 Å². The molecule has 1 aromatic carbocycles. The van der Waals surface area contributed by atoms with E-state index in [0.717, 1.165) is 10.6 Å². The van der Waals surface area contributed by atoms with Crippen LogP contribution in [0.4, 0.5) is 4.39 Å². The molecule has 0 atom stereocenters. The molecule has 9 heteroatoms. The molecule has 2 aromatic heterocycles. The Balaban J connectivity index is 1.60. The van der Waals surface area contributed by atoms with Gasteiger partial charge in [0.15, 0.2) is 6.61 Å². The van der Waals surface area contributed by atoms with Crippen LogP contribution in [-0.4, -0.2) is 35.4 Å². The number of aromatic nitrogens is 1. The van der Waals surface area contributed by atoms with Gasteiger partial charge in [-0.25, -0.2) is 14.2 Å². The van der Waals surface area contributed by atoms with Crippen molar-refractivity contribution in [3.63, 3.8) is 0 Å². The second-order valence-electron chi connectivity index (χ2n) is 5.97. The predicted octanol–water partition coefficient (Wildman–Crippen LogP) is 4.79. The first-order chi connectivity index (χ1) is 13.4. The van der Waals surface area contributed by atoms with E-state index in [4.69, 9.17) is 16.3 Å². The van der Waals surface area contributed by atoms with E-state index in [2.05, 4.69) is 4.98 Å². The zero-order valence-corrected chi connectivity index (χ0v) is 17.5. The highest BCUT2D eigenvalue weighted by atomic mass is 35.5. The topological polar surface area (TPSA) is 59.5 Å². The molecule has 0 aliphatic heterocycles. The molecule has 3 rings (SSSR count). The Bertz CT molecular complexity index is 985. The first kappa shape index (κ1) is 20.4. The highest BCUT2D eigenvalue weighted by Crippen LogP contribution is 2.29. The zero-order valence-electron chi connectivity index (χ0n) is 15.1. The van der Waals surface area contributed by atoms with E-state index in [9.17, 15) is 14.0 Å². The van der Waals surface area contributed by atoms with Crippen LogP contribution in [0.5, 0.6) is 0 Å². The van der Waals surface area contributed by atoms with E-state index in [1.54, 1.807) is 24.3 Å². The second-order valence-corrected chi connectivity index (χ2v) is 8.16. The predicted molar refractivity (Wildman–Crippen MR) is 108 cm³/mol. The Labute approximate surface area is 174 Å². The molecule has 0 fully saturated rings. The van der Waals surface area contributed by atoms with Gasteiger partial charge in [-0.15, -0.1) is 11.3 Å². The molecule has 0 N–H and O–H groups in total. The smallest absolute Gasteiger partial charge is 0.350 e. The van der Waals surface area contributed by atoms with E-state index >= 15 is 0 Å². The summed E-state index contributed by atoms with van der Waals surface area (Å²) < 4.78 is 19.0. The van der Waals surface area contributed by atoms with Crippen LogP contribution < -0.4 is 0 Å². The average Bonchev–Trinajstić information content (AvgIpc) is 3.32. The van der Waals surface area contributed by atoms with Gasteiger partial charge in [0.05, 0.1) is 5.69 Å². The number of aryl methyl sites for hydroxylation is 1.